The van der Waals surface area contributed by atoms with Crippen LogP contribution in [0, 0.1) is 19.4 Å². The van der Waals surface area contributed by atoms with Crippen molar-refractivity contribution in [3.05, 3.63) is 41.2 Å². The maximum absolute atomic E-state index is 12.1. The molecule has 0 aliphatic heterocycles. The van der Waals surface area contributed by atoms with Crippen molar-refractivity contribution in [3.8, 4) is 0 Å². The Morgan fingerprint density at radius 1 is 1.22 bits per heavy atom. The lowest BCUT2D eigenvalue weighted by Crippen LogP contribution is -2.14. The molecule has 0 amide bonds. The van der Waals surface area contributed by atoms with Gasteiger partial charge in [0, 0.05) is 20.3 Å². The fourth-order valence-electron chi connectivity index (χ4n) is 2.22. The standard InChI is InChI=1S/C18H27NO3S/c1-15(7-6-13-18(3,4)19-5)12-14-22-23(20,21)17-10-8-16(2)9-11-17/h8-11,15H,6-7,12-14H2,1-4H3. The zero-order valence-electron chi connectivity index (χ0n) is 14.5. The first-order valence-electron chi connectivity index (χ1n) is 8.01. The largest absolute Gasteiger partial charge is 0.311 e. The van der Waals surface area contributed by atoms with E-state index >= 15 is 0 Å². The molecule has 23 heavy (non-hydrogen) atoms. The second-order valence-corrected chi connectivity index (χ2v) is 8.41. The van der Waals surface area contributed by atoms with Crippen LogP contribution in [0.25, 0.3) is 4.85 Å². The minimum absolute atomic E-state index is 0.198. The molecule has 0 aliphatic rings. The van der Waals surface area contributed by atoms with E-state index in [1.807, 2.05) is 20.8 Å². The molecule has 1 aromatic rings. The first-order chi connectivity index (χ1) is 10.7. The maximum atomic E-state index is 12.1. The third-order valence-corrected chi connectivity index (χ3v) is 5.27. The van der Waals surface area contributed by atoms with Crippen LogP contribution in [0.2, 0.25) is 0 Å². The summed E-state index contributed by atoms with van der Waals surface area (Å²) >= 11 is 0. The van der Waals surface area contributed by atoms with E-state index < -0.39 is 10.1 Å². The third kappa shape index (κ3) is 7.15. The van der Waals surface area contributed by atoms with E-state index in [1.54, 1.807) is 24.3 Å². The average molecular weight is 337 g/mol. The fourth-order valence-corrected chi connectivity index (χ4v) is 3.14. The van der Waals surface area contributed by atoms with Crippen molar-refractivity contribution in [3.63, 3.8) is 0 Å². The molecule has 0 heterocycles. The van der Waals surface area contributed by atoms with Crippen LogP contribution < -0.4 is 0 Å². The molecule has 5 heteroatoms. The van der Waals surface area contributed by atoms with Gasteiger partial charge in [-0.15, -0.1) is 0 Å². The Kier molecular flexibility index (Phi) is 7.24. The average Bonchev–Trinajstić information content (AvgIpc) is 2.47. The van der Waals surface area contributed by atoms with Gasteiger partial charge in [-0.2, -0.15) is 8.42 Å². The van der Waals surface area contributed by atoms with Crippen LogP contribution in [0.3, 0.4) is 0 Å². The first-order valence-corrected chi connectivity index (χ1v) is 9.42. The number of nitrogens with zero attached hydrogens (tertiary/aromatic N) is 1. The number of aryl methyl sites for hydroxylation is 1. The van der Waals surface area contributed by atoms with Gasteiger partial charge in [0.25, 0.3) is 10.1 Å². The molecular weight excluding hydrogens is 310 g/mol. The highest BCUT2D eigenvalue weighted by atomic mass is 32.2. The molecule has 1 aromatic carbocycles. The normalized spacial score (nSPS) is 13.5. The van der Waals surface area contributed by atoms with Crippen LogP contribution >= 0.6 is 0 Å². The van der Waals surface area contributed by atoms with Gasteiger partial charge in [0.2, 0.25) is 5.54 Å². The van der Waals surface area contributed by atoms with Crippen molar-refractivity contribution in [1.29, 1.82) is 0 Å². The van der Waals surface area contributed by atoms with Crippen LogP contribution in [-0.2, 0) is 14.3 Å². The molecular formula is C18H27NO3S. The van der Waals surface area contributed by atoms with Crippen molar-refractivity contribution in [1.82, 2.24) is 0 Å². The minimum atomic E-state index is -3.66. The van der Waals surface area contributed by atoms with Crippen LogP contribution in [0.5, 0.6) is 0 Å². The summed E-state index contributed by atoms with van der Waals surface area (Å²) < 4.78 is 29.2. The molecule has 0 saturated carbocycles. The molecule has 0 N–H and O–H groups in total. The van der Waals surface area contributed by atoms with Crippen LogP contribution in [0.15, 0.2) is 29.2 Å². The van der Waals surface area contributed by atoms with Gasteiger partial charge in [-0.3, -0.25) is 4.18 Å². The Balaban J connectivity index is 2.35. The highest BCUT2D eigenvalue weighted by Crippen LogP contribution is 2.21. The van der Waals surface area contributed by atoms with Crippen molar-refractivity contribution in [2.75, 3.05) is 6.61 Å². The van der Waals surface area contributed by atoms with E-state index in [0.29, 0.717) is 12.3 Å². The van der Waals surface area contributed by atoms with Crippen molar-refractivity contribution in [2.45, 2.75) is 63.8 Å². The summed E-state index contributed by atoms with van der Waals surface area (Å²) in [6.45, 7) is 15.2. The van der Waals surface area contributed by atoms with Gasteiger partial charge >= 0.3 is 0 Å². The zero-order valence-corrected chi connectivity index (χ0v) is 15.3. The van der Waals surface area contributed by atoms with E-state index in [4.69, 9.17) is 10.8 Å². The summed E-state index contributed by atoms with van der Waals surface area (Å²) in [6, 6.07) is 6.66. The Labute approximate surface area is 140 Å². The lowest BCUT2D eigenvalue weighted by molar-refractivity contribution is 0.279. The van der Waals surface area contributed by atoms with Crippen LogP contribution in [0.1, 0.15) is 52.0 Å². The van der Waals surface area contributed by atoms with Gasteiger partial charge in [0.1, 0.15) is 0 Å². The van der Waals surface area contributed by atoms with Gasteiger partial charge in [-0.05, 0) is 37.8 Å². The Hall–Kier alpha value is -1.38. The Morgan fingerprint density at radius 3 is 2.39 bits per heavy atom. The molecule has 1 atom stereocenters. The summed E-state index contributed by atoms with van der Waals surface area (Å²) in [6.07, 6.45) is 3.51. The smallest absolute Gasteiger partial charge is 0.296 e. The molecule has 4 nitrogen and oxygen atoms in total. The summed E-state index contributed by atoms with van der Waals surface area (Å²) in [5.74, 6) is 0.379. The Morgan fingerprint density at radius 2 is 1.83 bits per heavy atom. The van der Waals surface area contributed by atoms with Gasteiger partial charge < -0.3 is 4.85 Å². The lowest BCUT2D eigenvalue weighted by atomic mass is 9.94. The molecule has 0 bridgehead atoms. The zero-order chi connectivity index (χ0) is 17.5. The second kappa shape index (κ2) is 8.47. The number of hydrogen-bond donors (Lipinski definition) is 0. The van der Waals surface area contributed by atoms with Crippen LogP contribution in [0.4, 0.5) is 0 Å². The van der Waals surface area contributed by atoms with E-state index in [-0.39, 0.29) is 17.0 Å². The molecule has 0 aliphatic carbocycles. The number of benzene rings is 1. The highest BCUT2D eigenvalue weighted by Gasteiger charge is 2.22. The quantitative estimate of drug-likeness (QED) is 0.489. The summed E-state index contributed by atoms with van der Waals surface area (Å²) in [4.78, 5) is 3.80. The summed E-state index contributed by atoms with van der Waals surface area (Å²) in [7, 11) is -3.66. The molecule has 0 radical (unpaired) electrons. The van der Waals surface area contributed by atoms with Crippen molar-refractivity contribution in [2.24, 2.45) is 5.92 Å². The van der Waals surface area contributed by atoms with E-state index in [2.05, 4.69) is 11.8 Å². The predicted octanol–water partition coefficient (Wildman–Crippen LogP) is 4.59. The van der Waals surface area contributed by atoms with Gasteiger partial charge in [0.05, 0.1) is 11.5 Å². The fraction of sp³-hybridized carbons (Fsp3) is 0.611. The molecule has 1 rings (SSSR count). The number of rotatable bonds is 9. The van der Waals surface area contributed by atoms with Crippen LogP contribution in [-0.4, -0.2) is 20.6 Å². The van der Waals surface area contributed by atoms with E-state index in [9.17, 15) is 8.42 Å². The molecule has 0 aromatic heterocycles. The van der Waals surface area contributed by atoms with Crippen molar-refractivity contribution < 1.29 is 12.6 Å². The molecule has 1 unspecified atom stereocenters. The SMILES string of the molecule is [C-]#[N+]C(C)(C)CCCC(C)CCOS(=O)(=O)c1ccc(C)cc1. The predicted molar refractivity (Wildman–Crippen MR) is 92.6 cm³/mol. The maximum Gasteiger partial charge on any atom is 0.296 e. The first kappa shape index (κ1) is 19.7. The molecule has 0 spiro atoms. The number of hydrogen-bond acceptors (Lipinski definition) is 3. The second-order valence-electron chi connectivity index (χ2n) is 6.80. The topological polar surface area (TPSA) is 47.7 Å². The van der Waals surface area contributed by atoms with E-state index in [1.165, 1.54) is 0 Å². The van der Waals surface area contributed by atoms with Gasteiger partial charge in [-0.1, -0.05) is 31.0 Å². The monoisotopic (exact) mass is 337 g/mol. The van der Waals surface area contributed by atoms with Gasteiger partial charge in [0.15, 0.2) is 0 Å². The minimum Gasteiger partial charge on any atom is -0.311 e. The summed E-state index contributed by atoms with van der Waals surface area (Å²) in [5, 5.41) is 0. The highest BCUT2D eigenvalue weighted by molar-refractivity contribution is 7.86. The Bertz CT molecular complexity index is 627. The molecule has 0 saturated heterocycles. The molecule has 0 fully saturated rings. The van der Waals surface area contributed by atoms with Gasteiger partial charge in [-0.25, -0.2) is 6.57 Å². The van der Waals surface area contributed by atoms with Crippen molar-refractivity contribution >= 4 is 10.1 Å². The lowest BCUT2D eigenvalue weighted by Gasteiger charge is -2.14. The summed E-state index contributed by atoms with van der Waals surface area (Å²) in [5.41, 5.74) is 0.713. The third-order valence-electron chi connectivity index (χ3n) is 3.95. The van der Waals surface area contributed by atoms with E-state index in [0.717, 1.165) is 24.8 Å². The molecule has 128 valence electrons.